The van der Waals surface area contributed by atoms with Crippen molar-refractivity contribution in [1.29, 1.82) is 0 Å². The van der Waals surface area contributed by atoms with Crippen molar-refractivity contribution in [3.8, 4) is 0 Å². The van der Waals surface area contributed by atoms with Gasteiger partial charge in [0.25, 0.3) is 5.56 Å². The predicted molar refractivity (Wildman–Crippen MR) is 82.8 cm³/mol. The minimum atomic E-state index is -0.0817. The zero-order valence-corrected chi connectivity index (χ0v) is 12.3. The van der Waals surface area contributed by atoms with Gasteiger partial charge in [0.15, 0.2) is 0 Å². The van der Waals surface area contributed by atoms with Crippen molar-refractivity contribution in [2.75, 3.05) is 6.61 Å². The zero-order chi connectivity index (χ0) is 15.0. The fourth-order valence-corrected chi connectivity index (χ4v) is 2.74. The molecule has 1 unspecified atom stereocenters. The maximum Gasteiger partial charge on any atom is 0.263 e. The van der Waals surface area contributed by atoms with E-state index in [9.17, 15) is 9.90 Å². The number of fused-ring (bicyclic) bond motifs is 3. The Kier molecular flexibility index (Phi) is 3.51. The average Bonchev–Trinajstić information content (AvgIpc) is 2.87. The van der Waals surface area contributed by atoms with Crippen molar-refractivity contribution < 1.29 is 5.11 Å². The molecular weight excluding hydrogens is 266 g/mol. The highest BCUT2D eigenvalue weighted by Crippen LogP contribution is 2.21. The number of para-hydroxylation sites is 2. The monoisotopic (exact) mass is 285 g/mol. The summed E-state index contributed by atoms with van der Waals surface area (Å²) in [6.45, 7) is 4.12. The second kappa shape index (κ2) is 5.33. The lowest BCUT2D eigenvalue weighted by atomic mass is 9.99. The summed E-state index contributed by atoms with van der Waals surface area (Å²) in [6, 6.07) is 7.58. The first-order chi connectivity index (χ1) is 10.2. The van der Waals surface area contributed by atoms with Gasteiger partial charge in [-0.15, -0.1) is 0 Å². The fraction of sp³-hybridized carbons (Fsp3) is 0.375. The van der Waals surface area contributed by atoms with Crippen LogP contribution in [0, 0.1) is 0 Å². The first-order valence-corrected chi connectivity index (χ1v) is 7.30. The SMILES string of the molecule is CCC(C)c1[nH]c2nc3ccccc3n2c(=O)c1CCO. The van der Waals surface area contributed by atoms with Crippen LogP contribution in [-0.2, 0) is 6.42 Å². The van der Waals surface area contributed by atoms with Crippen molar-refractivity contribution in [3.05, 3.63) is 45.9 Å². The second-order valence-corrected chi connectivity index (χ2v) is 5.36. The molecule has 3 rings (SSSR count). The van der Waals surface area contributed by atoms with Crippen LogP contribution in [0.25, 0.3) is 16.8 Å². The second-order valence-electron chi connectivity index (χ2n) is 5.36. The highest BCUT2D eigenvalue weighted by molar-refractivity contribution is 5.79. The van der Waals surface area contributed by atoms with E-state index in [1.165, 1.54) is 0 Å². The number of aromatic amines is 1. The quantitative estimate of drug-likeness (QED) is 0.772. The molecule has 0 radical (unpaired) electrons. The Morgan fingerprint density at radius 2 is 2.14 bits per heavy atom. The highest BCUT2D eigenvalue weighted by Gasteiger charge is 2.18. The molecule has 0 spiro atoms. The summed E-state index contributed by atoms with van der Waals surface area (Å²) in [5.74, 6) is 0.794. The summed E-state index contributed by atoms with van der Waals surface area (Å²) in [5, 5.41) is 9.28. The molecule has 1 atom stereocenters. The molecule has 3 aromatic rings. The number of H-pyrrole nitrogens is 1. The van der Waals surface area contributed by atoms with Gasteiger partial charge in [-0.3, -0.25) is 4.79 Å². The van der Waals surface area contributed by atoms with Gasteiger partial charge < -0.3 is 10.1 Å². The van der Waals surface area contributed by atoms with Gasteiger partial charge in [0.2, 0.25) is 5.78 Å². The Hall–Kier alpha value is -2.14. The molecule has 2 heterocycles. The molecular formula is C16H19N3O2. The van der Waals surface area contributed by atoms with E-state index in [0.29, 0.717) is 17.8 Å². The lowest BCUT2D eigenvalue weighted by Crippen LogP contribution is -2.23. The van der Waals surface area contributed by atoms with Crippen molar-refractivity contribution in [3.63, 3.8) is 0 Å². The number of aromatic nitrogens is 3. The summed E-state index contributed by atoms with van der Waals surface area (Å²) in [5.41, 5.74) is 3.05. The summed E-state index contributed by atoms with van der Waals surface area (Å²) in [7, 11) is 0. The molecule has 5 heteroatoms. The largest absolute Gasteiger partial charge is 0.396 e. The molecule has 0 aliphatic heterocycles. The van der Waals surface area contributed by atoms with Crippen LogP contribution in [0.4, 0.5) is 0 Å². The molecule has 0 fully saturated rings. The van der Waals surface area contributed by atoms with Crippen molar-refractivity contribution in [2.45, 2.75) is 32.6 Å². The standard InChI is InChI=1S/C16H19N3O2/c1-3-10(2)14-11(8-9-20)15(21)19-13-7-5-4-6-12(13)17-16(19)18-14/h4-7,10,20H,3,8-9H2,1-2H3,(H,17,18). The molecule has 0 bridgehead atoms. The van der Waals surface area contributed by atoms with Crippen LogP contribution in [0.1, 0.15) is 37.4 Å². The van der Waals surface area contributed by atoms with E-state index in [1.54, 1.807) is 4.40 Å². The normalized spacial score (nSPS) is 13.1. The van der Waals surface area contributed by atoms with E-state index in [4.69, 9.17) is 0 Å². The van der Waals surface area contributed by atoms with E-state index < -0.39 is 0 Å². The third kappa shape index (κ3) is 2.14. The smallest absolute Gasteiger partial charge is 0.263 e. The Labute approximate surface area is 122 Å². The van der Waals surface area contributed by atoms with Gasteiger partial charge >= 0.3 is 0 Å². The van der Waals surface area contributed by atoms with Crippen LogP contribution >= 0.6 is 0 Å². The molecule has 2 N–H and O–H groups in total. The number of nitrogens with zero attached hydrogens (tertiary/aromatic N) is 2. The minimum Gasteiger partial charge on any atom is -0.396 e. The van der Waals surface area contributed by atoms with Crippen LogP contribution in [-0.4, -0.2) is 26.1 Å². The maximum atomic E-state index is 12.8. The number of hydrogen-bond donors (Lipinski definition) is 2. The zero-order valence-electron chi connectivity index (χ0n) is 12.3. The van der Waals surface area contributed by atoms with Gasteiger partial charge in [-0.1, -0.05) is 26.0 Å². The number of imidazole rings is 1. The molecule has 21 heavy (non-hydrogen) atoms. The summed E-state index contributed by atoms with van der Waals surface area (Å²) < 4.78 is 1.60. The lowest BCUT2D eigenvalue weighted by molar-refractivity contribution is 0.298. The first kappa shape index (κ1) is 13.8. The number of hydrogen-bond acceptors (Lipinski definition) is 3. The third-order valence-electron chi connectivity index (χ3n) is 4.06. The molecule has 0 saturated heterocycles. The van der Waals surface area contributed by atoms with Gasteiger partial charge in [0, 0.05) is 24.3 Å². The summed E-state index contributed by atoms with van der Waals surface area (Å²) in [4.78, 5) is 20.6. The van der Waals surface area contributed by atoms with Crippen molar-refractivity contribution >= 4 is 16.8 Å². The first-order valence-electron chi connectivity index (χ1n) is 7.30. The molecule has 1 aromatic carbocycles. The average molecular weight is 285 g/mol. The molecule has 5 nitrogen and oxygen atoms in total. The van der Waals surface area contributed by atoms with Crippen LogP contribution in [0.3, 0.4) is 0 Å². The van der Waals surface area contributed by atoms with Crippen LogP contribution in [0.5, 0.6) is 0 Å². The summed E-state index contributed by atoms with van der Waals surface area (Å²) >= 11 is 0. The fourth-order valence-electron chi connectivity index (χ4n) is 2.74. The van der Waals surface area contributed by atoms with Gasteiger partial charge in [0.1, 0.15) is 0 Å². The topological polar surface area (TPSA) is 70.4 Å². The molecule has 2 aromatic heterocycles. The summed E-state index contributed by atoms with van der Waals surface area (Å²) in [6.07, 6.45) is 1.28. The number of aliphatic hydroxyl groups is 1. The van der Waals surface area contributed by atoms with Crippen molar-refractivity contribution in [2.24, 2.45) is 0 Å². The molecule has 0 aliphatic carbocycles. The van der Waals surface area contributed by atoms with E-state index in [1.807, 2.05) is 24.3 Å². The Balaban J connectivity index is 2.41. The van der Waals surface area contributed by atoms with Crippen LogP contribution < -0.4 is 5.56 Å². The van der Waals surface area contributed by atoms with Gasteiger partial charge in [-0.2, -0.15) is 0 Å². The van der Waals surface area contributed by atoms with E-state index in [0.717, 1.165) is 23.1 Å². The number of aliphatic hydroxyl groups excluding tert-OH is 1. The Morgan fingerprint density at radius 3 is 2.86 bits per heavy atom. The van der Waals surface area contributed by atoms with Gasteiger partial charge in [-0.05, 0) is 24.5 Å². The third-order valence-corrected chi connectivity index (χ3v) is 4.06. The van der Waals surface area contributed by atoms with E-state index in [-0.39, 0.29) is 18.1 Å². The number of nitrogens with one attached hydrogen (secondary N) is 1. The van der Waals surface area contributed by atoms with E-state index in [2.05, 4.69) is 23.8 Å². The lowest BCUT2D eigenvalue weighted by Gasteiger charge is -2.14. The van der Waals surface area contributed by atoms with Crippen LogP contribution in [0.15, 0.2) is 29.1 Å². The van der Waals surface area contributed by atoms with Gasteiger partial charge in [-0.25, -0.2) is 9.38 Å². The Morgan fingerprint density at radius 1 is 1.38 bits per heavy atom. The molecule has 0 saturated carbocycles. The minimum absolute atomic E-state index is 0.0371. The van der Waals surface area contributed by atoms with E-state index >= 15 is 0 Å². The molecule has 0 amide bonds. The number of benzene rings is 1. The number of rotatable bonds is 4. The molecule has 110 valence electrons. The predicted octanol–water partition coefficient (Wildman–Crippen LogP) is 2.22. The maximum absolute atomic E-state index is 12.8. The highest BCUT2D eigenvalue weighted by atomic mass is 16.3. The van der Waals surface area contributed by atoms with Crippen LogP contribution in [0.2, 0.25) is 0 Å². The Bertz CT molecular complexity index is 848. The van der Waals surface area contributed by atoms with Gasteiger partial charge in [0.05, 0.1) is 11.0 Å². The van der Waals surface area contributed by atoms with Crippen molar-refractivity contribution in [1.82, 2.24) is 14.4 Å². The molecule has 0 aliphatic rings.